The first-order valence-corrected chi connectivity index (χ1v) is 10.3. The van der Waals surface area contributed by atoms with Gasteiger partial charge in [0, 0.05) is 26.2 Å². The quantitative estimate of drug-likeness (QED) is 0.532. The van der Waals surface area contributed by atoms with Crippen LogP contribution in [0.1, 0.15) is 17.2 Å². The number of nitrogen functional groups attached to an aromatic ring is 1. The maximum absolute atomic E-state index is 6.42. The number of hydrogen-bond acceptors (Lipinski definition) is 7. The number of benzene rings is 2. The van der Waals surface area contributed by atoms with E-state index in [1.807, 2.05) is 36.4 Å². The molecule has 0 radical (unpaired) electrons. The molecular weight excluding hydrogens is 376 g/mol. The number of aromatic nitrogens is 2. The molecular formula is C23H28N6O. The van der Waals surface area contributed by atoms with E-state index in [4.69, 9.17) is 10.5 Å². The summed E-state index contributed by atoms with van der Waals surface area (Å²) in [6.07, 6.45) is 1.54. The monoisotopic (exact) mass is 404 g/mol. The van der Waals surface area contributed by atoms with Crippen LogP contribution in [-0.4, -0.2) is 54.3 Å². The second-order valence-electron chi connectivity index (χ2n) is 7.26. The van der Waals surface area contributed by atoms with E-state index in [9.17, 15) is 0 Å². The van der Waals surface area contributed by atoms with Crippen LogP contribution in [0, 0.1) is 0 Å². The summed E-state index contributed by atoms with van der Waals surface area (Å²) in [6.45, 7) is 5.20. The Morgan fingerprint density at radius 1 is 0.900 bits per heavy atom. The molecule has 0 aliphatic carbocycles. The fraction of sp³-hybridized carbons (Fsp3) is 0.304. The molecule has 1 fully saturated rings. The zero-order valence-electron chi connectivity index (χ0n) is 17.0. The Morgan fingerprint density at radius 2 is 1.50 bits per heavy atom. The molecule has 0 bridgehead atoms. The van der Waals surface area contributed by atoms with Crippen LogP contribution in [0.2, 0.25) is 0 Å². The summed E-state index contributed by atoms with van der Waals surface area (Å²) in [4.78, 5) is 11.1. The van der Waals surface area contributed by atoms with Crippen LogP contribution < -0.4 is 16.4 Å². The lowest BCUT2D eigenvalue weighted by Gasteiger charge is -2.26. The summed E-state index contributed by atoms with van der Waals surface area (Å²) in [5.41, 5.74) is 9.23. The zero-order chi connectivity index (χ0) is 20.6. The highest BCUT2D eigenvalue weighted by Gasteiger charge is 2.17. The van der Waals surface area contributed by atoms with Crippen molar-refractivity contribution in [1.29, 1.82) is 0 Å². The lowest BCUT2D eigenvalue weighted by atomic mass is 9.99. The third-order valence-electron chi connectivity index (χ3n) is 5.25. The van der Waals surface area contributed by atoms with Gasteiger partial charge in [0.05, 0.1) is 19.3 Å². The number of anilines is 3. The van der Waals surface area contributed by atoms with E-state index in [2.05, 4.69) is 49.8 Å². The molecule has 4 rings (SSSR count). The maximum atomic E-state index is 6.42. The average molecular weight is 405 g/mol. The van der Waals surface area contributed by atoms with E-state index < -0.39 is 0 Å². The van der Waals surface area contributed by atoms with Gasteiger partial charge in [-0.15, -0.1) is 0 Å². The minimum Gasteiger partial charge on any atom is -0.393 e. The number of nitrogens with zero attached hydrogens (tertiary/aromatic N) is 3. The van der Waals surface area contributed by atoms with Crippen molar-refractivity contribution in [2.24, 2.45) is 0 Å². The highest BCUT2D eigenvalue weighted by molar-refractivity contribution is 5.74. The predicted molar refractivity (Wildman–Crippen MR) is 121 cm³/mol. The molecule has 2 aromatic carbocycles. The van der Waals surface area contributed by atoms with Gasteiger partial charge < -0.3 is 21.1 Å². The molecule has 3 aromatic rings. The maximum Gasteiger partial charge on any atom is 0.155 e. The summed E-state index contributed by atoms with van der Waals surface area (Å²) < 4.78 is 5.40. The first-order chi connectivity index (χ1) is 14.8. The van der Waals surface area contributed by atoms with Crippen molar-refractivity contribution in [3.63, 3.8) is 0 Å². The van der Waals surface area contributed by atoms with E-state index in [0.29, 0.717) is 17.3 Å². The smallest absolute Gasteiger partial charge is 0.155 e. The van der Waals surface area contributed by atoms with Crippen LogP contribution in [0.15, 0.2) is 67.0 Å². The second kappa shape index (κ2) is 10.0. The number of nitrogens with one attached hydrogen (secondary N) is 2. The van der Waals surface area contributed by atoms with Gasteiger partial charge >= 0.3 is 0 Å². The van der Waals surface area contributed by atoms with E-state index in [0.717, 1.165) is 50.5 Å². The van der Waals surface area contributed by atoms with Crippen molar-refractivity contribution >= 4 is 17.3 Å². The van der Waals surface area contributed by atoms with Crippen LogP contribution >= 0.6 is 0 Å². The first-order valence-electron chi connectivity index (χ1n) is 10.3. The molecule has 2 heterocycles. The molecule has 1 aromatic heterocycles. The number of hydrogen-bond donors (Lipinski definition) is 3. The number of ether oxygens (including phenoxy) is 1. The molecule has 0 amide bonds. The lowest BCUT2D eigenvalue weighted by Crippen LogP contribution is -2.39. The van der Waals surface area contributed by atoms with Crippen molar-refractivity contribution in [3.8, 4) is 0 Å². The number of morpholine rings is 1. The molecule has 0 atom stereocenters. The first kappa shape index (κ1) is 20.1. The summed E-state index contributed by atoms with van der Waals surface area (Å²) in [5, 5.41) is 6.87. The molecule has 4 N–H and O–H groups in total. The van der Waals surface area contributed by atoms with Gasteiger partial charge in [0.2, 0.25) is 0 Å². The molecule has 156 valence electrons. The second-order valence-corrected chi connectivity index (χ2v) is 7.26. The summed E-state index contributed by atoms with van der Waals surface area (Å²) in [7, 11) is 0. The Morgan fingerprint density at radius 3 is 2.13 bits per heavy atom. The van der Waals surface area contributed by atoms with Crippen molar-refractivity contribution in [3.05, 3.63) is 78.1 Å². The minimum atomic E-state index is -0.0641. The van der Waals surface area contributed by atoms with Crippen molar-refractivity contribution in [1.82, 2.24) is 14.9 Å². The molecule has 1 aliphatic rings. The Balaban J connectivity index is 1.49. The zero-order valence-corrected chi connectivity index (χ0v) is 17.0. The van der Waals surface area contributed by atoms with Crippen LogP contribution in [0.25, 0.3) is 0 Å². The molecule has 1 aliphatic heterocycles. The fourth-order valence-corrected chi connectivity index (χ4v) is 3.60. The Bertz CT molecular complexity index is 876. The topological polar surface area (TPSA) is 88.3 Å². The van der Waals surface area contributed by atoms with Crippen molar-refractivity contribution < 1.29 is 4.74 Å². The van der Waals surface area contributed by atoms with E-state index in [1.165, 1.54) is 0 Å². The minimum absolute atomic E-state index is 0.0641. The van der Waals surface area contributed by atoms with Crippen LogP contribution in [0.4, 0.5) is 17.3 Å². The van der Waals surface area contributed by atoms with Crippen molar-refractivity contribution in [2.75, 3.05) is 55.8 Å². The number of nitrogens with two attached hydrogens (primary N) is 1. The fourth-order valence-electron chi connectivity index (χ4n) is 3.60. The van der Waals surface area contributed by atoms with Gasteiger partial charge in [-0.3, -0.25) is 4.90 Å². The van der Waals surface area contributed by atoms with Gasteiger partial charge in [-0.05, 0) is 11.1 Å². The van der Waals surface area contributed by atoms with Crippen LogP contribution in [-0.2, 0) is 4.74 Å². The van der Waals surface area contributed by atoms with Gasteiger partial charge in [-0.1, -0.05) is 60.7 Å². The normalized spacial score (nSPS) is 14.6. The van der Waals surface area contributed by atoms with E-state index in [-0.39, 0.29) is 6.04 Å². The SMILES string of the molecule is Nc1c(NCCN2CCOCC2)ncnc1NC(c1ccccc1)c1ccccc1. The molecule has 30 heavy (non-hydrogen) atoms. The average Bonchev–Trinajstić information content (AvgIpc) is 2.81. The van der Waals surface area contributed by atoms with Gasteiger partial charge in [0.25, 0.3) is 0 Å². The molecule has 0 unspecified atom stereocenters. The molecule has 7 heteroatoms. The third kappa shape index (κ3) is 5.06. The molecule has 1 saturated heterocycles. The standard InChI is InChI=1S/C23H28N6O/c24-20-22(25-11-12-29-13-15-30-16-14-29)26-17-27-23(20)28-21(18-7-3-1-4-8-18)19-9-5-2-6-10-19/h1-10,17,21H,11-16,24H2,(H2,25,26,27,28). The van der Waals surface area contributed by atoms with Gasteiger partial charge in [-0.25, -0.2) is 9.97 Å². The van der Waals surface area contributed by atoms with Crippen LogP contribution in [0.3, 0.4) is 0 Å². The molecule has 0 spiro atoms. The van der Waals surface area contributed by atoms with Crippen molar-refractivity contribution in [2.45, 2.75) is 6.04 Å². The van der Waals surface area contributed by atoms with Gasteiger partial charge in [0.1, 0.15) is 12.0 Å². The van der Waals surface area contributed by atoms with E-state index in [1.54, 1.807) is 6.33 Å². The highest BCUT2D eigenvalue weighted by Crippen LogP contribution is 2.30. The van der Waals surface area contributed by atoms with E-state index >= 15 is 0 Å². The molecule has 7 nitrogen and oxygen atoms in total. The Labute approximate surface area is 177 Å². The Hall–Kier alpha value is -3.16. The largest absolute Gasteiger partial charge is 0.393 e. The van der Waals surface area contributed by atoms with Gasteiger partial charge in [0.15, 0.2) is 11.6 Å². The molecule has 0 saturated carbocycles. The summed E-state index contributed by atoms with van der Waals surface area (Å²) in [5.74, 6) is 1.28. The van der Waals surface area contributed by atoms with Gasteiger partial charge in [-0.2, -0.15) is 0 Å². The lowest BCUT2D eigenvalue weighted by molar-refractivity contribution is 0.0398. The third-order valence-corrected chi connectivity index (χ3v) is 5.25. The number of rotatable bonds is 8. The Kier molecular flexibility index (Phi) is 6.74. The summed E-state index contributed by atoms with van der Waals surface area (Å²) >= 11 is 0. The predicted octanol–water partition coefficient (Wildman–Crippen LogP) is 3.00. The highest BCUT2D eigenvalue weighted by atomic mass is 16.5. The van der Waals surface area contributed by atoms with Crippen LogP contribution in [0.5, 0.6) is 0 Å². The summed E-state index contributed by atoms with van der Waals surface area (Å²) in [6, 6.07) is 20.5.